The predicted molar refractivity (Wildman–Crippen MR) is 96.5 cm³/mol. The molecular weight excluding hydrogens is 333 g/mol. The number of azo groups is 1. The lowest BCUT2D eigenvalue weighted by atomic mass is 9.83. The summed E-state index contributed by atoms with van der Waals surface area (Å²) in [5.74, 6) is -0.858. The van der Waals surface area contributed by atoms with Crippen LogP contribution in [0.5, 0.6) is 0 Å². The maximum Gasteiger partial charge on any atom is 0.278 e. The Labute approximate surface area is 152 Å². The van der Waals surface area contributed by atoms with Crippen LogP contribution in [0, 0.1) is 18.8 Å². The van der Waals surface area contributed by atoms with Gasteiger partial charge in [-0.05, 0) is 54.9 Å². The highest BCUT2D eigenvalue weighted by molar-refractivity contribution is 5.83. The third-order valence-electron chi connectivity index (χ3n) is 5.43. The highest BCUT2D eigenvalue weighted by Gasteiger charge is 2.64. The number of hydroxylamine groups is 1. The van der Waals surface area contributed by atoms with Gasteiger partial charge in [0.05, 0.1) is 5.70 Å². The number of benzene rings is 1. The zero-order valence-electron chi connectivity index (χ0n) is 15.1. The Bertz CT molecular complexity index is 785. The second-order valence-corrected chi connectivity index (χ2v) is 7.17. The van der Waals surface area contributed by atoms with E-state index in [0.717, 1.165) is 35.2 Å². The fraction of sp³-hybridized carbons (Fsp3) is 0.450. The van der Waals surface area contributed by atoms with Crippen LogP contribution < -0.4 is 5.48 Å². The summed E-state index contributed by atoms with van der Waals surface area (Å²) in [5.41, 5.74) is 3.75. The summed E-state index contributed by atoms with van der Waals surface area (Å²) in [6, 6.07) is 7.46. The SMILES string of the molecule is C=C(/C=C(\N=NC)C1CC1)[C@H]1C[C@@]1(c1ccccc1C)C(F)C(=O)NO. The zero-order chi connectivity index (χ0) is 18.9. The number of aryl methyl sites for hydroxylation is 1. The van der Waals surface area contributed by atoms with E-state index in [-0.39, 0.29) is 5.92 Å². The van der Waals surface area contributed by atoms with Crippen molar-refractivity contribution < 1.29 is 14.4 Å². The highest BCUT2D eigenvalue weighted by Crippen LogP contribution is 2.62. The molecule has 3 rings (SSSR count). The van der Waals surface area contributed by atoms with E-state index >= 15 is 4.39 Å². The average molecular weight is 357 g/mol. The van der Waals surface area contributed by atoms with Crippen molar-refractivity contribution in [2.75, 3.05) is 7.05 Å². The summed E-state index contributed by atoms with van der Waals surface area (Å²) in [7, 11) is 1.62. The molecule has 0 aromatic heterocycles. The standard InChI is InChI=1S/C20H24FN3O2/c1-12-6-4-5-7-15(12)20(18(21)19(25)24-26)11-16(20)13(2)10-17(23-22-3)14-8-9-14/h4-7,10,14,16,18,26H,2,8-9,11H2,1,3H3,(H,24,25)/b17-10-,23-22?/t16-,18?,20+/m1/s1. The summed E-state index contributed by atoms with van der Waals surface area (Å²) in [5, 5.41) is 17.0. The molecule has 1 amide bonds. The van der Waals surface area contributed by atoms with Crippen LogP contribution in [0.4, 0.5) is 4.39 Å². The number of hydrogen-bond donors (Lipinski definition) is 2. The first-order valence-corrected chi connectivity index (χ1v) is 8.80. The fourth-order valence-electron chi connectivity index (χ4n) is 3.85. The molecule has 2 aliphatic carbocycles. The number of carbonyl (C=O) groups excluding carboxylic acids is 1. The van der Waals surface area contributed by atoms with E-state index in [1.165, 1.54) is 5.48 Å². The molecule has 2 fully saturated rings. The minimum absolute atomic E-state index is 0.225. The number of alkyl halides is 1. The van der Waals surface area contributed by atoms with Crippen LogP contribution in [-0.2, 0) is 10.2 Å². The Morgan fingerprint density at radius 1 is 1.46 bits per heavy atom. The monoisotopic (exact) mass is 357 g/mol. The molecule has 2 saturated carbocycles. The lowest BCUT2D eigenvalue weighted by Gasteiger charge is -2.23. The maximum absolute atomic E-state index is 15.1. The van der Waals surface area contributed by atoms with E-state index in [1.807, 2.05) is 37.3 Å². The highest BCUT2D eigenvalue weighted by atomic mass is 19.1. The van der Waals surface area contributed by atoms with Gasteiger partial charge in [0.15, 0.2) is 6.17 Å². The topological polar surface area (TPSA) is 74.0 Å². The second-order valence-electron chi connectivity index (χ2n) is 7.17. The minimum Gasteiger partial charge on any atom is -0.289 e. The van der Waals surface area contributed by atoms with Gasteiger partial charge in [-0.3, -0.25) is 10.0 Å². The molecule has 0 spiro atoms. The van der Waals surface area contributed by atoms with E-state index in [9.17, 15) is 4.79 Å². The van der Waals surface area contributed by atoms with E-state index < -0.39 is 17.5 Å². The second kappa shape index (κ2) is 7.11. The van der Waals surface area contributed by atoms with Gasteiger partial charge in [-0.1, -0.05) is 30.8 Å². The van der Waals surface area contributed by atoms with Gasteiger partial charge in [-0.15, -0.1) is 0 Å². The number of nitrogens with one attached hydrogen (secondary N) is 1. The molecule has 2 N–H and O–H groups in total. The molecule has 1 aromatic carbocycles. The van der Waals surface area contributed by atoms with E-state index in [0.29, 0.717) is 12.3 Å². The lowest BCUT2D eigenvalue weighted by Crippen LogP contribution is -2.39. The van der Waals surface area contributed by atoms with Crippen LogP contribution in [0.25, 0.3) is 0 Å². The number of nitrogens with zero attached hydrogens (tertiary/aromatic N) is 2. The van der Waals surface area contributed by atoms with Crippen LogP contribution in [0.1, 0.15) is 30.4 Å². The molecule has 1 unspecified atom stereocenters. The van der Waals surface area contributed by atoms with Gasteiger partial charge in [0.25, 0.3) is 5.91 Å². The molecule has 2 aliphatic rings. The van der Waals surface area contributed by atoms with Gasteiger partial charge in [0.1, 0.15) is 0 Å². The van der Waals surface area contributed by atoms with Gasteiger partial charge in [0, 0.05) is 18.4 Å². The zero-order valence-corrected chi connectivity index (χ0v) is 15.1. The number of carbonyl (C=O) groups is 1. The number of halogens is 1. The number of amides is 1. The van der Waals surface area contributed by atoms with Gasteiger partial charge < -0.3 is 0 Å². The Balaban J connectivity index is 1.95. The largest absolute Gasteiger partial charge is 0.289 e. The van der Waals surface area contributed by atoms with Gasteiger partial charge in [0.2, 0.25) is 0 Å². The Kier molecular flexibility index (Phi) is 5.05. The van der Waals surface area contributed by atoms with Gasteiger partial charge in [-0.25, -0.2) is 9.87 Å². The molecule has 138 valence electrons. The van der Waals surface area contributed by atoms with Crippen molar-refractivity contribution in [3.8, 4) is 0 Å². The Hall–Kier alpha value is -2.34. The smallest absolute Gasteiger partial charge is 0.278 e. The van der Waals surface area contributed by atoms with Crippen LogP contribution in [0.15, 0.2) is 58.4 Å². The number of allylic oxidation sites excluding steroid dienone is 3. The molecule has 0 bridgehead atoms. The van der Waals surface area contributed by atoms with Crippen molar-refractivity contribution >= 4 is 5.91 Å². The van der Waals surface area contributed by atoms with Crippen molar-refractivity contribution in [1.29, 1.82) is 0 Å². The predicted octanol–water partition coefficient (Wildman–Crippen LogP) is 4.03. The van der Waals surface area contributed by atoms with Crippen molar-refractivity contribution in [1.82, 2.24) is 5.48 Å². The van der Waals surface area contributed by atoms with Crippen LogP contribution >= 0.6 is 0 Å². The summed E-state index contributed by atoms with van der Waals surface area (Å²) in [6.07, 6.45) is 2.64. The van der Waals surface area contributed by atoms with Gasteiger partial charge in [-0.2, -0.15) is 10.2 Å². The summed E-state index contributed by atoms with van der Waals surface area (Å²) in [4.78, 5) is 11.9. The molecule has 0 heterocycles. The molecular formula is C20H24FN3O2. The van der Waals surface area contributed by atoms with E-state index in [1.54, 1.807) is 7.05 Å². The fourth-order valence-corrected chi connectivity index (χ4v) is 3.85. The van der Waals surface area contributed by atoms with E-state index in [2.05, 4.69) is 16.8 Å². The van der Waals surface area contributed by atoms with E-state index in [4.69, 9.17) is 5.21 Å². The normalized spacial score (nSPS) is 26.6. The summed E-state index contributed by atoms with van der Waals surface area (Å²) >= 11 is 0. The average Bonchev–Trinajstić information content (AvgIpc) is 3.54. The van der Waals surface area contributed by atoms with Crippen molar-refractivity contribution in [2.45, 2.75) is 37.8 Å². The van der Waals surface area contributed by atoms with Crippen LogP contribution in [0.2, 0.25) is 0 Å². The molecule has 0 radical (unpaired) electrons. The molecule has 0 aliphatic heterocycles. The molecule has 0 saturated heterocycles. The molecule has 3 atom stereocenters. The van der Waals surface area contributed by atoms with Gasteiger partial charge >= 0.3 is 0 Å². The minimum atomic E-state index is -1.86. The Morgan fingerprint density at radius 2 is 2.15 bits per heavy atom. The maximum atomic E-state index is 15.1. The number of rotatable bonds is 7. The third-order valence-corrected chi connectivity index (χ3v) is 5.43. The van der Waals surface area contributed by atoms with Crippen molar-refractivity contribution in [3.63, 3.8) is 0 Å². The molecule has 1 aromatic rings. The summed E-state index contributed by atoms with van der Waals surface area (Å²) in [6.45, 7) is 6.03. The molecule has 6 heteroatoms. The summed E-state index contributed by atoms with van der Waals surface area (Å²) < 4.78 is 15.1. The first kappa shape index (κ1) is 18.5. The first-order chi connectivity index (χ1) is 12.5. The molecule has 26 heavy (non-hydrogen) atoms. The van der Waals surface area contributed by atoms with Crippen LogP contribution in [-0.4, -0.2) is 24.3 Å². The van der Waals surface area contributed by atoms with Crippen molar-refractivity contribution in [2.24, 2.45) is 22.1 Å². The number of hydrogen-bond acceptors (Lipinski definition) is 4. The quantitative estimate of drug-likeness (QED) is 0.335. The lowest BCUT2D eigenvalue weighted by molar-refractivity contribution is -0.135. The Morgan fingerprint density at radius 3 is 2.73 bits per heavy atom. The molecule has 5 nitrogen and oxygen atoms in total. The van der Waals surface area contributed by atoms with Crippen molar-refractivity contribution in [3.05, 3.63) is 59.3 Å². The third kappa shape index (κ3) is 3.21. The first-order valence-electron chi connectivity index (χ1n) is 8.80. The van der Waals surface area contributed by atoms with Crippen LogP contribution in [0.3, 0.4) is 0 Å².